The van der Waals surface area contributed by atoms with Crippen LogP contribution in [0.1, 0.15) is 25.6 Å². The molecule has 2 amide bonds. The molecule has 2 N–H and O–H groups in total. The van der Waals surface area contributed by atoms with Gasteiger partial charge in [-0.1, -0.05) is 42.2 Å². The summed E-state index contributed by atoms with van der Waals surface area (Å²) in [6.07, 6.45) is 0. The molecule has 5 heteroatoms. The summed E-state index contributed by atoms with van der Waals surface area (Å²) >= 11 is 1.37. The second-order valence-corrected chi connectivity index (χ2v) is 6.31. The van der Waals surface area contributed by atoms with E-state index in [0.29, 0.717) is 16.1 Å². The van der Waals surface area contributed by atoms with Crippen LogP contribution in [0.4, 0.5) is 5.69 Å². The Balaban J connectivity index is 1.58. The van der Waals surface area contributed by atoms with Crippen LogP contribution in [0.15, 0.2) is 72.1 Å². The molecule has 1 aromatic heterocycles. The lowest BCUT2D eigenvalue weighted by atomic mass is 10.2. The fourth-order valence-corrected chi connectivity index (χ4v) is 2.85. The van der Waals surface area contributed by atoms with Crippen LogP contribution >= 0.6 is 11.3 Å². The van der Waals surface area contributed by atoms with Gasteiger partial charge in [-0.25, -0.2) is 0 Å². The Hall–Kier alpha value is -3.36. The van der Waals surface area contributed by atoms with Crippen LogP contribution in [0.2, 0.25) is 0 Å². The molecule has 2 aromatic carbocycles. The lowest BCUT2D eigenvalue weighted by molar-refractivity contribution is 0.0957. The van der Waals surface area contributed by atoms with E-state index < -0.39 is 0 Å². The number of anilines is 1. The van der Waals surface area contributed by atoms with Crippen molar-refractivity contribution in [2.24, 2.45) is 0 Å². The van der Waals surface area contributed by atoms with Crippen molar-refractivity contribution in [2.75, 3.05) is 11.9 Å². The van der Waals surface area contributed by atoms with Gasteiger partial charge >= 0.3 is 0 Å². The number of carbonyl (C=O) groups is 2. The van der Waals surface area contributed by atoms with Crippen molar-refractivity contribution in [3.8, 4) is 11.8 Å². The molecule has 0 aliphatic heterocycles. The van der Waals surface area contributed by atoms with Crippen LogP contribution in [0.3, 0.4) is 0 Å². The van der Waals surface area contributed by atoms with Gasteiger partial charge < -0.3 is 10.6 Å². The normalized spacial score (nSPS) is 9.69. The minimum atomic E-state index is -0.236. The Morgan fingerprint density at radius 3 is 2.54 bits per heavy atom. The molecule has 4 nitrogen and oxygen atoms in total. The van der Waals surface area contributed by atoms with Crippen molar-refractivity contribution in [2.45, 2.75) is 0 Å². The molecule has 26 heavy (non-hydrogen) atoms. The quantitative estimate of drug-likeness (QED) is 0.696. The van der Waals surface area contributed by atoms with E-state index in [1.54, 1.807) is 30.3 Å². The molecule has 0 bridgehead atoms. The van der Waals surface area contributed by atoms with Crippen LogP contribution in [-0.4, -0.2) is 18.4 Å². The van der Waals surface area contributed by atoms with E-state index in [1.807, 2.05) is 41.8 Å². The molecule has 0 fully saturated rings. The molecule has 0 saturated heterocycles. The largest absolute Gasteiger partial charge is 0.341 e. The average Bonchev–Trinajstić information content (AvgIpc) is 3.21. The van der Waals surface area contributed by atoms with Crippen LogP contribution < -0.4 is 10.6 Å². The highest BCUT2D eigenvalue weighted by Gasteiger charge is 2.09. The van der Waals surface area contributed by atoms with E-state index >= 15 is 0 Å². The molecular formula is C21H16N2O2S. The Kier molecular flexibility index (Phi) is 5.81. The van der Waals surface area contributed by atoms with E-state index in [9.17, 15) is 9.59 Å². The number of amides is 2. The fourth-order valence-electron chi connectivity index (χ4n) is 2.23. The van der Waals surface area contributed by atoms with Crippen molar-refractivity contribution >= 4 is 28.8 Å². The maximum absolute atomic E-state index is 12.2. The zero-order chi connectivity index (χ0) is 18.2. The third-order valence-corrected chi connectivity index (χ3v) is 4.34. The minimum Gasteiger partial charge on any atom is -0.341 e. The zero-order valence-electron chi connectivity index (χ0n) is 13.9. The Morgan fingerprint density at radius 2 is 1.77 bits per heavy atom. The smallest absolute Gasteiger partial charge is 0.265 e. The highest BCUT2D eigenvalue weighted by atomic mass is 32.1. The first-order valence-electron chi connectivity index (χ1n) is 7.99. The lowest BCUT2D eigenvalue weighted by Gasteiger charge is -2.06. The number of hydrogen-bond donors (Lipinski definition) is 2. The van der Waals surface area contributed by atoms with Crippen molar-refractivity contribution < 1.29 is 9.59 Å². The topological polar surface area (TPSA) is 58.2 Å². The number of rotatable bonds is 4. The summed E-state index contributed by atoms with van der Waals surface area (Å²) in [5, 5.41) is 7.39. The zero-order valence-corrected chi connectivity index (χ0v) is 14.7. The van der Waals surface area contributed by atoms with Crippen LogP contribution in [0.25, 0.3) is 0 Å². The first-order chi connectivity index (χ1) is 12.7. The fraction of sp³-hybridized carbons (Fsp3) is 0.0476. The van der Waals surface area contributed by atoms with Gasteiger partial charge in [0.05, 0.1) is 11.4 Å². The SMILES string of the molecule is O=C(NCC#Cc1ccccc1)c1cccc(NC(=O)c2cccs2)c1. The Labute approximate surface area is 155 Å². The van der Waals surface area contributed by atoms with E-state index in [1.165, 1.54) is 11.3 Å². The van der Waals surface area contributed by atoms with E-state index in [-0.39, 0.29) is 18.4 Å². The summed E-state index contributed by atoms with van der Waals surface area (Å²) in [5.74, 6) is 5.48. The predicted octanol–water partition coefficient (Wildman–Crippen LogP) is 3.78. The van der Waals surface area contributed by atoms with Gasteiger partial charge in [-0.3, -0.25) is 9.59 Å². The first kappa shape index (κ1) is 17.5. The monoisotopic (exact) mass is 360 g/mol. The molecule has 0 saturated carbocycles. The van der Waals surface area contributed by atoms with Gasteiger partial charge in [-0.2, -0.15) is 0 Å². The molecular weight excluding hydrogens is 344 g/mol. The molecule has 0 spiro atoms. The minimum absolute atomic E-state index is 0.189. The standard InChI is InChI=1S/C21H16N2O2S/c24-20(22-13-5-9-16-7-2-1-3-8-16)17-10-4-11-18(15-17)23-21(25)19-12-6-14-26-19/h1-4,6-8,10-12,14-15H,13H2,(H,22,24)(H,23,25). The molecule has 1 heterocycles. The molecule has 0 atom stereocenters. The summed E-state index contributed by atoms with van der Waals surface area (Å²) in [6, 6.07) is 20.0. The van der Waals surface area contributed by atoms with E-state index in [2.05, 4.69) is 22.5 Å². The molecule has 128 valence electrons. The summed E-state index contributed by atoms with van der Waals surface area (Å²) in [5.41, 5.74) is 1.95. The summed E-state index contributed by atoms with van der Waals surface area (Å²) < 4.78 is 0. The van der Waals surface area contributed by atoms with E-state index in [4.69, 9.17) is 0 Å². The molecule has 3 rings (SSSR count). The second-order valence-electron chi connectivity index (χ2n) is 5.36. The summed E-state index contributed by atoms with van der Waals surface area (Å²) in [4.78, 5) is 24.9. The van der Waals surface area contributed by atoms with Gasteiger partial charge in [-0.15, -0.1) is 11.3 Å². The van der Waals surface area contributed by atoms with Crippen molar-refractivity contribution in [3.05, 3.63) is 88.1 Å². The Morgan fingerprint density at radius 1 is 0.923 bits per heavy atom. The van der Waals surface area contributed by atoms with Crippen molar-refractivity contribution in [3.63, 3.8) is 0 Å². The maximum atomic E-state index is 12.2. The highest BCUT2D eigenvalue weighted by molar-refractivity contribution is 7.12. The van der Waals surface area contributed by atoms with Crippen molar-refractivity contribution in [1.29, 1.82) is 0 Å². The van der Waals surface area contributed by atoms with Gasteiger partial charge in [0.15, 0.2) is 0 Å². The van der Waals surface area contributed by atoms with Gasteiger partial charge in [0, 0.05) is 16.8 Å². The van der Waals surface area contributed by atoms with E-state index in [0.717, 1.165) is 5.56 Å². The van der Waals surface area contributed by atoms with Crippen LogP contribution in [0.5, 0.6) is 0 Å². The van der Waals surface area contributed by atoms with Crippen LogP contribution in [-0.2, 0) is 0 Å². The second kappa shape index (κ2) is 8.65. The summed E-state index contributed by atoms with van der Waals surface area (Å²) in [7, 11) is 0. The number of carbonyl (C=O) groups excluding carboxylic acids is 2. The van der Waals surface area contributed by atoms with Gasteiger partial charge in [-0.05, 0) is 41.8 Å². The predicted molar refractivity (Wildman–Crippen MR) is 104 cm³/mol. The average molecular weight is 360 g/mol. The first-order valence-corrected chi connectivity index (χ1v) is 8.87. The molecule has 0 aliphatic carbocycles. The van der Waals surface area contributed by atoms with Gasteiger partial charge in [0.25, 0.3) is 11.8 Å². The van der Waals surface area contributed by atoms with Gasteiger partial charge in [0.2, 0.25) is 0 Å². The summed E-state index contributed by atoms with van der Waals surface area (Å²) in [6.45, 7) is 0.250. The molecule has 0 unspecified atom stereocenters. The Bertz CT molecular complexity index is 954. The van der Waals surface area contributed by atoms with Crippen LogP contribution in [0, 0.1) is 11.8 Å². The number of thiophene rings is 1. The van der Waals surface area contributed by atoms with Gasteiger partial charge in [0.1, 0.15) is 0 Å². The molecule has 3 aromatic rings. The molecule has 0 aliphatic rings. The maximum Gasteiger partial charge on any atom is 0.265 e. The molecule has 0 radical (unpaired) electrons. The highest BCUT2D eigenvalue weighted by Crippen LogP contribution is 2.14. The lowest BCUT2D eigenvalue weighted by Crippen LogP contribution is -2.23. The van der Waals surface area contributed by atoms with Crippen molar-refractivity contribution in [1.82, 2.24) is 5.32 Å². The third-order valence-electron chi connectivity index (χ3n) is 3.47. The third kappa shape index (κ3) is 4.82. The number of hydrogen-bond acceptors (Lipinski definition) is 3. The number of nitrogens with one attached hydrogen (secondary N) is 2. The number of benzene rings is 2.